The van der Waals surface area contributed by atoms with Gasteiger partial charge in [-0.1, -0.05) is 30.9 Å². The number of hydrogen-bond acceptors (Lipinski definition) is 4. The molecule has 0 heterocycles. The maximum absolute atomic E-state index is 11.5. The van der Waals surface area contributed by atoms with Gasteiger partial charge in [0.1, 0.15) is 12.4 Å². The molecular weight excluding hydrogens is 306 g/mol. The summed E-state index contributed by atoms with van der Waals surface area (Å²) in [4.78, 5) is 15.6. The second-order valence-electron chi connectivity index (χ2n) is 5.35. The average Bonchev–Trinajstić information content (AvgIpc) is 2.56. The molecule has 24 heavy (non-hydrogen) atoms. The fraction of sp³-hybridized carbons (Fsp3) is 0.444. The van der Waals surface area contributed by atoms with Crippen LogP contribution in [0.5, 0.6) is 5.75 Å². The Bertz CT molecular complexity index is 556. The Morgan fingerprint density at radius 1 is 1.33 bits per heavy atom. The van der Waals surface area contributed by atoms with Crippen LogP contribution in [0.1, 0.15) is 25.8 Å². The first-order chi connectivity index (χ1) is 11.6. The molecule has 0 saturated carbocycles. The molecular formula is C18H27N3O3. The first-order valence-electron chi connectivity index (χ1n) is 8.02. The minimum atomic E-state index is -0.226. The van der Waals surface area contributed by atoms with Crippen molar-refractivity contribution in [2.24, 2.45) is 4.99 Å². The van der Waals surface area contributed by atoms with Crippen molar-refractivity contribution in [3.05, 3.63) is 42.5 Å². The van der Waals surface area contributed by atoms with Crippen molar-refractivity contribution < 1.29 is 14.3 Å². The van der Waals surface area contributed by atoms with Crippen LogP contribution in [-0.4, -0.2) is 38.2 Å². The molecule has 0 aromatic heterocycles. The van der Waals surface area contributed by atoms with Gasteiger partial charge in [-0.2, -0.15) is 0 Å². The summed E-state index contributed by atoms with van der Waals surface area (Å²) in [5.74, 6) is 1.20. The maximum atomic E-state index is 11.5. The van der Waals surface area contributed by atoms with Gasteiger partial charge in [0.05, 0.1) is 12.5 Å². The number of carbonyl (C=O) groups excluding carboxylic acids is 1. The van der Waals surface area contributed by atoms with Gasteiger partial charge in [0.25, 0.3) is 0 Å². The minimum Gasteiger partial charge on any atom is -0.489 e. The van der Waals surface area contributed by atoms with Crippen molar-refractivity contribution in [1.29, 1.82) is 0 Å². The van der Waals surface area contributed by atoms with Crippen LogP contribution in [0.2, 0.25) is 0 Å². The number of benzene rings is 1. The van der Waals surface area contributed by atoms with E-state index in [4.69, 9.17) is 9.47 Å². The molecule has 0 unspecified atom stereocenters. The van der Waals surface area contributed by atoms with Gasteiger partial charge >= 0.3 is 5.97 Å². The SMILES string of the molecule is C=CCOc1ccccc1CNC(=NC)NCCC(=O)OC(C)C. The van der Waals surface area contributed by atoms with Crippen molar-refractivity contribution in [2.45, 2.75) is 32.9 Å². The summed E-state index contributed by atoms with van der Waals surface area (Å²) >= 11 is 0. The van der Waals surface area contributed by atoms with Crippen LogP contribution in [0, 0.1) is 0 Å². The van der Waals surface area contributed by atoms with Crippen LogP contribution in [0.25, 0.3) is 0 Å². The summed E-state index contributed by atoms with van der Waals surface area (Å²) < 4.78 is 10.7. The Kier molecular flexibility index (Phi) is 9.04. The molecule has 0 aliphatic rings. The van der Waals surface area contributed by atoms with Gasteiger partial charge < -0.3 is 20.1 Å². The lowest BCUT2D eigenvalue weighted by Gasteiger charge is -2.14. The van der Waals surface area contributed by atoms with Gasteiger partial charge in [0.15, 0.2) is 5.96 Å². The zero-order valence-electron chi connectivity index (χ0n) is 14.7. The lowest BCUT2D eigenvalue weighted by molar-refractivity contribution is -0.147. The molecule has 6 nitrogen and oxygen atoms in total. The smallest absolute Gasteiger partial charge is 0.307 e. The number of carbonyl (C=O) groups is 1. The quantitative estimate of drug-likeness (QED) is 0.314. The molecule has 0 aliphatic heterocycles. The number of rotatable bonds is 9. The predicted molar refractivity (Wildman–Crippen MR) is 96.2 cm³/mol. The number of nitrogens with zero attached hydrogens (tertiary/aromatic N) is 1. The van der Waals surface area contributed by atoms with Gasteiger partial charge in [-0.15, -0.1) is 0 Å². The topological polar surface area (TPSA) is 72.0 Å². The summed E-state index contributed by atoms with van der Waals surface area (Å²) in [5.41, 5.74) is 1.02. The molecule has 6 heteroatoms. The van der Waals surface area contributed by atoms with E-state index in [0.717, 1.165) is 11.3 Å². The summed E-state index contributed by atoms with van der Waals surface area (Å²) in [6.45, 7) is 8.79. The third-order valence-electron chi connectivity index (χ3n) is 2.99. The summed E-state index contributed by atoms with van der Waals surface area (Å²) in [5, 5.41) is 6.29. The van der Waals surface area contributed by atoms with Gasteiger partial charge in [0.2, 0.25) is 0 Å². The number of para-hydroxylation sites is 1. The molecule has 0 amide bonds. The van der Waals surface area contributed by atoms with Crippen LogP contribution in [0.3, 0.4) is 0 Å². The third kappa shape index (κ3) is 7.67. The third-order valence-corrected chi connectivity index (χ3v) is 2.99. The van der Waals surface area contributed by atoms with E-state index in [-0.39, 0.29) is 18.5 Å². The van der Waals surface area contributed by atoms with Crippen LogP contribution >= 0.6 is 0 Å². The van der Waals surface area contributed by atoms with E-state index >= 15 is 0 Å². The van der Waals surface area contributed by atoms with Gasteiger partial charge in [-0.25, -0.2) is 0 Å². The Morgan fingerprint density at radius 2 is 2.08 bits per heavy atom. The Balaban J connectivity index is 2.44. The Hall–Kier alpha value is -2.50. The van der Waals surface area contributed by atoms with Crippen molar-refractivity contribution >= 4 is 11.9 Å². The van der Waals surface area contributed by atoms with Gasteiger partial charge in [-0.05, 0) is 19.9 Å². The van der Waals surface area contributed by atoms with Crippen molar-refractivity contribution in [2.75, 3.05) is 20.2 Å². The number of hydrogen-bond donors (Lipinski definition) is 2. The molecule has 0 radical (unpaired) electrons. The highest BCUT2D eigenvalue weighted by Gasteiger charge is 2.07. The highest BCUT2D eigenvalue weighted by molar-refractivity contribution is 5.80. The molecule has 0 saturated heterocycles. The first-order valence-corrected chi connectivity index (χ1v) is 8.02. The highest BCUT2D eigenvalue weighted by atomic mass is 16.5. The fourth-order valence-corrected chi connectivity index (χ4v) is 1.94. The van der Waals surface area contributed by atoms with Crippen LogP contribution in [0.4, 0.5) is 0 Å². The van der Waals surface area contributed by atoms with Crippen molar-refractivity contribution in [1.82, 2.24) is 10.6 Å². The lowest BCUT2D eigenvalue weighted by atomic mass is 10.2. The largest absolute Gasteiger partial charge is 0.489 e. The van der Waals surface area contributed by atoms with E-state index in [2.05, 4.69) is 22.2 Å². The molecule has 1 aromatic carbocycles. The second-order valence-corrected chi connectivity index (χ2v) is 5.35. The lowest BCUT2D eigenvalue weighted by Crippen LogP contribution is -2.38. The zero-order valence-corrected chi connectivity index (χ0v) is 14.7. The van der Waals surface area contributed by atoms with E-state index in [1.54, 1.807) is 13.1 Å². The number of aliphatic imine (C=N–C) groups is 1. The average molecular weight is 333 g/mol. The summed E-state index contributed by atoms with van der Waals surface area (Å²) in [6.07, 6.45) is 1.90. The monoisotopic (exact) mass is 333 g/mol. The minimum absolute atomic E-state index is 0.0954. The molecule has 0 bridgehead atoms. The van der Waals surface area contributed by atoms with E-state index in [1.807, 2.05) is 38.1 Å². The van der Waals surface area contributed by atoms with E-state index in [1.165, 1.54) is 0 Å². The molecule has 1 rings (SSSR count). The molecule has 0 spiro atoms. The predicted octanol–water partition coefficient (Wildman–Crippen LogP) is 2.26. The van der Waals surface area contributed by atoms with Crippen molar-refractivity contribution in [3.8, 4) is 5.75 Å². The Labute approximate surface area is 144 Å². The highest BCUT2D eigenvalue weighted by Crippen LogP contribution is 2.17. The molecule has 132 valence electrons. The normalized spacial score (nSPS) is 11.1. The molecule has 0 atom stereocenters. The zero-order chi connectivity index (χ0) is 17.8. The summed E-state index contributed by atoms with van der Waals surface area (Å²) in [6, 6.07) is 7.78. The first kappa shape index (κ1) is 19.5. The van der Waals surface area contributed by atoms with E-state index in [9.17, 15) is 4.79 Å². The fourth-order valence-electron chi connectivity index (χ4n) is 1.94. The number of nitrogens with one attached hydrogen (secondary N) is 2. The van der Waals surface area contributed by atoms with Gasteiger partial charge in [0, 0.05) is 25.7 Å². The van der Waals surface area contributed by atoms with E-state index in [0.29, 0.717) is 25.7 Å². The molecule has 2 N–H and O–H groups in total. The number of ether oxygens (including phenoxy) is 2. The van der Waals surface area contributed by atoms with Crippen molar-refractivity contribution in [3.63, 3.8) is 0 Å². The molecule has 1 aromatic rings. The van der Waals surface area contributed by atoms with Crippen LogP contribution in [-0.2, 0) is 16.1 Å². The number of guanidine groups is 1. The van der Waals surface area contributed by atoms with Crippen LogP contribution in [0.15, 0.2) is 41.9 Å². The number of esters is 1. The maximum Gasteiger partial charge on any atom is 0.307 e. The van der Waals surface area contributed by atoms with Gasteiger partial charge in [-0.3, -0.25) is 9.79 Å². The van der Waals surface area contributed by atoms with Crippen LogP contribution < -0.4 is 15.4 Å². The molecule has 0 aliphatic carbocycles. The van der Waals surface area contributed by atoms with E-state index < -0.39 is 0 Å². The standard InChI is InChI=1S/C18H27N3O3/c1-5-12-23-16-9-7-6-8-15(16)13-21-18(19-4)20-11-10-17(22)24-14(2)3/h5-9,14H,1,10-13H2,2-4H3,(H2,19,20,21). The second kappa shape index (κ2) is 11.1. The Morgan fingerprint density at radius 3 is 2.75 bits per heavy atom. The molecule has 0 fully saturated rings. The summed E-state index contributed by atoms with van der Waals surface area (Å²) in [7, 11) is 1.68.